The molecule has 1 aromatic heterocycles. The summed E-state index contributed by atoms with van der Waals surface area (Å²) in [6.45, 7) is 3.62. The number of allylic oxidation sites excluding steroid dienone is 1. The third-order valence-corrected chi connectivity index (χ3v) is 2.47. The van der Waals surface area contributed by atoms with Gasteiger partial charge in [-0.25, -0.2) is 17.9 Å². The zero-order valence-corrected chi connectivity index (χ0v) is 9.61. The second kappa shape index (κ2) is 5.05. The number of nitrogens with zero attached hydrogens (tertiary/aromatic N) is 3. The molecule has 0 saturated heterocycles. The van der Waals surface area contributed by atoms with Gasteiger partial charge in [-0.05, 0) is 12.1 Å². The first-order chi connectivity index (χ1) is 9.10. The van der Waals surface area contributed by atoms with Gasteiger partial charge in [-0.1, -0.05) is 11.3 Å². The van der Waals surface area contributed by atoms with Gasteiger partial charge in [0.1, 0.15) is 5.69 Å². The summed E-state index contributed by atoms with van der Waals surface area (Å²) < 4.78 is 41.0. The van der Waals surface area contributed by atoms with Crippen molar-refractivity contribution in [3.8, 4) is 11.3 Å². The molecule has 1 heterocycles. The monoisotopic (exact) mass is 267 g/mol. The van der Waals surface area contributed by atoms with Gasteiger partial charge in [0, 0.05) is 5.56 Å². The van der Waals surface area contributed by atoms with Gasteiger partial charge in [-0.15, -0.1) is 11.7 Å². The molecule has 0 unspecified atom stereocenters. The third-order valence-electron chi connectivity index (χ3n) is 2.47. The molecule has 0 N–H and O–H groups in total. The summed E-state index contributed by atoms with van der Waals surface area (Å²) in [6, 6.07) is 1.80. The number of rotatable bonds is 4. The number of hydrogen-bond donors (Lipinski definition) is 0. The van der Waals surface area contributed by atoms with Crippen LogP contribution in [0.15, 0.2) is 24.8 Å². The van der Waals surface area contributed by atoms with E-state index < -0.39 is 17.5 Å². The molecule has 1 aromatic carbocycles. The summed E-state index contributed by atoms with van der Waals surface area (Å²) >= 11 is 0. The van der Waals surface area contributed by atoms with E-state index in [4.69, 9.17) is 0 Å². The molecule has 0 aliphatic carbocycles. The van der Waals surface area contributed by atoms with Crippen LogP contribution in [0, 0.1) is 17.5 Å². The largest absolute Gasteiger partial charge is 0.296 e. The van der Waals surface area contributed by atoms with Gasteiger partial charge < -0.3 is 0 Å². The molecular formula is C12H8F3N3O. The van der Waals surface area contributed by atoms with Gasteiger partial charge in [0.25, 0.3) is 0 Å². The van der Waals surface area contributed by atoms with Crippen LogP contribution in [0.2, 0.25) is 0 Å². The third kappa shape index (κ3) is 2.14. The fraction of sp³-hybridized carbons (Fsp3) is 0.0833. The van der Waals surface area contributed by atoms with Gasteiger partial charge in [-0.2, -0.15) is 0 Å². The molecule has 0 fully saturated rings. The molecule has 0 spiro atoms. The van der Waals surface area contributed by atoms with E-state index in [0.29, 0.717) is 6.29 Å². The van der Waals surface area contributed by atoms with E-state index >= 15 is 0 Å². The number of carbonyl (C=O) groups is 1. The molecule has 0 amide bonds. The van der Waals surface area contributed by atoms with Crippen molar-refractivity contribution in [1.29, 1.82) is 0 Å². The number of aldehydes is 1. The molecule has 0 saturated carbocycles. The average Bonchev–Trinajstić information content (AvgIpc) is 2.80. The van der Waals surface area contributed by atoms with Crippen molar-refractivity contribution in [3.63, 3.8) is 0 Å². The molecule has 0 atom stereocenters. The van der Waals surface area contributed by atoms with E-state index in [2.05, 4.69) is 16.9 Å². The topological polar surface area (TPSA) is 47.8 Å². The maximum Gasteiger partial charge on any atom is 0.195 e. The molecule has 4 nitrogen and oxygen atoms in total. The smallest absolute Gasteiger partial charge is 0.195 e. The fourth-order valence-electron chi connectivity index (χ4n) is 1.64. The lowest BCUT2D eigenvalue weighted by molar-refractivity contribution is 0.111. The second-order valence-electron chi connectivity index (χ2n) is 3.63. The lowest BCUT2D eigenvalue weighted by atomic mass is 10.1. The van der Waals surface area contributed by atoms with Crippen LogP contribution in [0.5, 0.6) is 0 Å². The maximum atomic E-state index is 13.7. The summed E-state index contributed by atoms with van der Waals surface area (Å²) in [5.41, 5.74) is -0.467. The number of halogens is 3. The Morgan fingerprint density at radius 2 is 2.00 bits per heavy atom. The first kappa shape index (κ1) is 13.0. The molecule has 0 bridgehead atoms. The van der Waals surface area contributed by atoms with Crippen LogP contribution in [-0.2, 0) is 6.54 Å². The number of carbonyl (C=O) groups excluding carboxylic acids is 1. The molecule has 7 heteroatoms. The Kier molecular flexibility index (Phi) is 3.46. The van der Waals surface area contributed by atoms with Crippen molar-refractivity contribution in [2.75, 3.05) is 0 Å². The van der Waals surface area contributed by atoms with Crippen molar-refractivity contribution < 1.29 is 18.0 Å². The Bertz CT molecular complexity index is 652. The molecule has 2 aromatic rings. The minimum atomic E-state index is -1.61. The van der Waals surface area contributed by atoms with E-state index in [0.717, 1.165) is 12.1 Å². The van der Waals surface area contributed by atoms with Crippen molar-refractivity contribution in [1.82, 2.24) is 15.0 Å². The summed E-state index contributed by atoms with van der Waals surface area (Å²) in [5.74, 6) is -4.31. The lowest BCUT2D eigenvalue weighted by Crippen LogP contribution is -2.04. The second-order valence-corrected chi connectivity index (χ2v) is 3.63. The Labute approximate surface area is 106 Å². The van der Waals surface area contributed by atoms with Crippen LogP contribution in [-0.4, -0.2) is 21.3 Å². The Morgan fingerprint density at radius 1 is 1.26 bits per heavy atom. The van der Waals surface area contributed by atoms with Gasteiger partial charge in [0.15, 0.2) is 29.4 Å². The van der Waals surface area contributed by atoms with Crippen molar-refractivity contribution in [2.45, 2.75) is 6.54 Å². The van der Waals surface area contributed by atoms with Gasteiger partial charge >= 0.3 is 0 Å². The SMILES string of the molecule is C=CCn1nnc(C=O)c1-c1ccc(F)c(F)c1F. The Morgan fingerprint density at radius 3 is 2.63 bits per heavy atom. The fourth-order valence-corrected chi connectivity index (χ4v) is 1.64. The van der Waals surface area contributed by atoms with Crippen LogP contribution >= 0.6 is 0 Å². The van der Waals surface area contributed by atoms with E-state index in [1.165, 1.54) is 10.8 Å². The highest BCUT2D eigenvalue weighted by atomic mass is 19.2. The summed E-state index contributed by atoms with van der Waals surface area (Å²) in [7, 11) is 0. The quantitative estimate of drug-likeness (QED) is 0.485. The highest BCUT2D eigenvalue weighted by Gasteiger charge is 2.21. The van der Waals surface area contributed by atoms with E-state index in [-0.39, 0.29) is 23.5 Å². The van der Waals surface area contributed by atoms with E-state index in [1.807, 2.05) is 0 Å². The molecule has 19 heavy (non-hydrogen) atoms. The van der Waals surface area contributed by atoms with Crippen LogP contribution in [0.3, 0.4) is 0 Å². The number of hydrogen-bond acceptors (Lipinski definition) is 3. The maximum absolute atomic E-state index is 13.7. The highest BCUT2D eigenvalue weighted by Crippen LogP contribution is 2.27. The molecule has 2 rings (SSSR count). The minimum Gasteiger partial charge on any atom is -0.296 e. The van der Waals surface area contributed by atoms with Gasteiger partial charge in [0.2, 0.25) is 0 Å². The normalized spacial score (nSPS) is 10.5. The Hall–Kier alpha value is -2.44. The van der Waals surface area contributed by atoms with Crippen LogP contribution in [0.4, 0.5) is 13.2 Å². The molecule has 98 valence electrons. The van der Waals surface area contributed by atoms with Gasteiger partial charge in [-0.3, -0.25) is 4.79 Å². The summed E-state index contributed by atoms with van der Waals surface area (Å²) in [6.07, 6.45) is 1.81. The van der Waals surface area contributed by atoms with Gasteiger partial charge in [0.05, 0.1) is 6.54 Å². The van der Waals surface area contributed by atoms with Crippen LogP contribution < -0.4 is 0 Å². The molecule has 0 aliphatic heterocycles. The van der Waals surface area contributed by atoms with E-state index in [1.54, 1.807) is 0 Å². The van der Waals surface area contributed by atoms with E-state index in [9.17, 15) is 18.0 Å². The molecular weight excluding hydrogens is 259 g/mol. The predicted molar refractivity (Wildman–Crippen MR) is 60.9 cm³/mol. The van der Waals surface area contributed by atoms with Crippen LogP contribution in [0.25, 0.3) is 11.3 Å². The zero-order valence-electron chi connectivity index (χ0n) is 9.61. The lowest BCUT2D eigenvalue weighted by Gasteiger charge is -2.07. The van der Waals surface area contributed by atoms with Crippen LogP contribution in [0.1, 0.15) is 10.5 Å². The molecule has 0 radical (unpaired) electrons. The predicted octanol–water partition coefficient (Wildman–Crippen LogP) is 2.36. The molecule has 0 aliphatic rings. The van der Waals surface area contributed by atoms with Crippen molar-refractivity contribution >= 4 is 6.29 Å². The first-order valence-corrected chi connectivity index (χ1v) is 5.23. The standard InChI is InChI=1S/C12H8F3N3O/c1-2-5-18-12(9(6-19)16-17-18)7-3-4-8(13)11(15)10(7)14/h2-4,6H,1,5H2. The highest BCUT2D eigenvalue weighted by molar-refractivity contribution is 5.83. The summed E-state index contributed by atoms with van der Waals surface area (Å²) in [4.78, 5) is 10.8. The van der Waals surface area contributed by atoms with Crippen molar-refractivity contribution in [2.24, 2.45) is 0 Å². The minimum absolute atomic E-state index is 0.0219. The Balaban J connectivity index is 2.70. The first-order valence-electron chi connectivity index (χ1n) is 5.23. The van der Waals surface area contributed by atoms with Crippen molar-refractivity contribution in [3.05, 3.63) is 47.9 Å². The zero-order chi connectivity index (χ0) is 14.0. The average molecular weight is 267 g/mol. The number of aromatic nitrogens is 3. The summed E-state index contributed by atoms with van der Waals surface area (Å²) in [5, 5.41) is 7.16. The number of benzene rings is 1.